The summed E-state index contributed by atoms with van der Waals surface area (Å²) in [7, 11) is 3.32. The molecule has 3 aromatic rings. The number of piperazine rings is 1. The first kappa shape index (κ1) is 26.2. The first-order chi connectivity index (χ1) is 18.5. The number of methoxy groups -OCH3 is 1. The maximum atomic E-state index is 13.5. The van der Waals surface area contributed by atoms with Crippen molar-refractivity contribution in [1.29, 1.82) is 0 Å². The fourth-order valence-electron chi connectivity index (χ4n) is 5.37. The van der Waals surface area contributed by atoms with Crippen molar-refractivity contribution in [3.05, 3.63) is 59.9 Å². The highest BCUT2D eigenvalue weighted by Gasteiger charge is 2.26. The SMILES string of the molecule is COc1ccc(Cn2c(C(=O)N(C)CC(=O)N3CCN(CCN4CCCC4)CC3)nc3ccccc32)cc1. The molecule has 0 unspecified atom stereocenters. The van der Waals surface area contributed by atoms with Gasteiger partial charge in [0, 0.05) is 52.9 Å². The molecule has 0 N–H and O–H groups in total. The quantitative estimate of drug-likeness (QED) is 0.433. The summed E-state index contributed by atoms with van der Waals surface area (Å²) in [5.41, 5.74) is 2.68. The molecule has 2 fully saturated rings. The maximum absolute atomic E-state index is 13.5. The van der Waals surface area contributed by atoms with E-state index in [1.54, 1.807) is 14.2 Å². The number of carbonyl (C=O) groups is 2. The predicted octanol–water partition coefficient (Wildman–Crippen LogP) is 2.41. The summed E-state index contributed by atoms with van der Waals surface area (Å²) in [4.78, 5) is 39.6. The highest BCUT2D eigenvalue weighted by molar-refractivity contribution is 5.96. The molecule has 2 aliphatic rings. The van der Waals surface area contributed by atoms with Crippen molar-refractivity contribution in [1.82, 2.24) is 29.2 Å². The summed E-state index contributed by atoms with van der Waals surface area (Å²) in [6.45, 7) is 8.32. The molecule has 0 aliphatic carbocycles. The molecule has 0 spiro atoms. The monoisotopic (exact) mass is 518 g/mol. The molecule has 2 amide bonds. The summed E-state index contributed by atoms with van der Waals surface area (Å²) in [6.07, 6.45) is 2.62. The summed E-state index contributed by atoms with van der Waals surface area (Å²) in [5.74, 6) is 0.848. The second kappa shape index (κ2) is 12.0. The molecule has 9 heteroatoms. The summed E-state index contributed by atoms with van der Waals surface area (Å²) >= 11 is 0. The molecular formula is C29H38N6O3. The lowest BCUT2D eigenvalue weighted by Gasteiger charge is -2.36. The number of hydrogen-bond acceptors (Lipinski definition) is 6. The van der Waals surface area contributed by atoms with Crippen molar-refractivity contribution in [3.8, 4) is 5.75 Å². The summed E-state index contributed by atoms with van der Waals surface area (Å²) in [5, 5.41) is 0. The number of likely N-dealkylation sites (N-methyl/N-ethyl adjacent to an activating group) is 1. The van der Waals surface area contributed by atoms with Gasteiger partial charge in [-0.2, -0.15) is 0 Å². The number of para-hydroxylation sites is 2. The van der Waals surface area contributed by atoms with Crippen LogP contribution in [0, 0.1) is 0 Å². The molecule has 0 atom stereocenters. The van der Waals surface area contributed by atoms with Gasteiger partial charge in [-0.3, -0.25) is 14.5 Å². The van der Waals surface area contributed by atoms with Crippen LogP contribution in [0.25, 0.3) is 11.0 Å². The highest BCUT2D eigenvalue weighted by atomic mass is 16.5. The summed E-state index contributed by atoms with van der Waals surface area (Å²) < 4.78 is 7.20. The van der Waals surface area contributed by atoms with Crippen LogP contribution in [0.15, 0.2) is 48.5 Å². The van der Waals surface area contributed by atoms with Gasteiger partial charge in [-0.25, -0.2) is 4.98 Å². The first-order valence-electron chi connectivity index (χ1n) is 13.6. The molecule has 9 nitrogen and oxygen atoms in total. The number of carbonyl (C=O) groups excluding carboxylic acids is 2. The van der Waals surface area contributed by atoms with E-state index in [4.69, 9.17) is 4.74 Å². The lowest BCUT2D eigenvalue weighted by atomic mass is 10.2. The minimum atomic E-state index is -0.257. The van der Waals surface area contributed by atoms with Crippen LogP contribution in [0.2, 0.25) is 0 Å². The Hall–Kier alpha value is -3.43. The average Bonchev–Trinajstić information content (AvgIpc) is 3.60. The number of aromatic nitrogens is 2. The second-order valence-corrected chi connectivity index (χ2v) is 10.3. The lowest BCUT2D eigenvalue weighted by Crippen LogP contribution is -2.52. The van der Waals surface area contributed by atoms with E-state index in [0.717, 1.165) is 48.5 Å². The normalized spacial score (nSPS) is 16.7. The zero-order valence-electron chi connectivity index (χ0n) is 22.5. The first-order valence-corrected chi connectivity index (χ1v) is 13.6. The number of ether oxygens (including phenoxy) is 1. The standard InChI is InChI=1S/C29H38N6O3/c1-31(22-27(36)34-19-17-33(18-20-34)16-15-32-13-5-6-14-32)29(37)28-30-25-7-3-4-8-26(25)35(28)21-23-9-11-24(38-2)12-10-23/h3-4,7-12H,5-6,13-22H2,1-2H3. The molecule has 0 bridgehead atoms. The van der Waals surface area contributed by atoms with Crippen LogP contribution in [0.4, 0.5) is 0 Å². The third-order valence-corrected chi connectivity index (χ3v) is 7.72. The van der Waals surface area contributed by atoms with E-state index in [1.165, 1.54) is 30.8 Å². The van der Waals surface area contributed by atoms with Gasteiger partial charge in [0.1, 0.15) is 5.75 Å². The number of imidazole rings is 1. The number of amides is 2. The molecule has 3 heterocycles. The topological polar surface area (TPSA) is 74.2 Å². The van der Waals surface area contributed by atoms with Gasteiger partial charge >= 0.3 is 0 Å². The minimum Gasteiger partial charge on any atom is -0.497 e. The highest BCUT2D eigenvalue weighted by Crippen LogP contribution is 2.20. The molecule has 38 heavy (non-hydrogen) atoms. The van der Waals surface area contributed by atoms with Crippen LogP contribution in [0.1, 0.15) is 29.0 Å². The molecule has 1 aromatic heterocycles. The zero-order valence-corrected chi connectivity index (χ0v) is 22.5. The molecular weight excluding hydrogens is 480 g/mol. The fourth-order valence-corrected chi connectivity index (χ4v) is 5.37. The number of hydrogen-bond donors (Lipinski definition) is 0. The van der Waals surface area contributed by atoms with E-state index in [0.29, 0.717) is 25.5 Å². The van der Waals surface area contributed by atoms with Gasteiger partial charge in [-0.15, -0.1) is 0 Å². The smallest absolute Gasteiger partial charge is 0.290 e. The van der Waals surface area contributed by atoms with Crippen molar-refractivity contribution in [2.24, 2.45) is 0 Å². The Morgan fingerprint density at radius 1 is 0.895 bits per heavy atom. The van der Waals surface area contributed by atoms with Crippen LogP contribution < -0.4 is 4.74 Å². The van der Waals surface area contributed by atoms with Gasteiger partial charge in [0.25, 0.3) is 5.91 Å². The van der Waals surface area contributed by atoms with E-state index in [2.05, 4.69) is 14.8 Å². The van der Waals surface area contributed by atoms with Gasteiger partial charge < -0.3 is 24.0 Å². The molecule has 2 aromatic carbocycles. The van der Waals surface area contributed by atoms with Gasteiger partial charge in [0.15, 0.2) is 0 Å². The minimum absolute atomic E-state index is 0.0159. The summed E-state index contributed by atoms with van der Waals surface area (Å²) in [6, 6.07) is 15.5. The van der Waals surface area contributed by atoms with Gasteiger partial charge in [0.2, 0.25) is 11.7 Å². The van der Waals surface area contributed by atoms with Gasteiger partial charge in [-0.05, 0) is 55.8 Å². The average molecular weight is 519 g/mol. The number of rotatable bonds is 9. The van der Waals surface area contributed by atoms with Crippen LogP contribution in [-0.2, 0) is 11.3 Å². The molecule has 2 aliphatic heterocycles. The Morgan fingerprint density at radius 2 is 1.55 bits per heavy atom. The van der Waals surface area contributed by atoms with Crippen LogP contribution in [-0.4, -0.2) is 114 Å². The van der Waals surface area contributed by atoms with Gasteiger partial charge in [-0.1, -0.05) is 24.3 Å². The van der Waals surface area contributed by atoms with Crippen molar-refractivity contribution in [2.45, 2.75) is 19.4 Å². The van der Waals surface area contributed by atoms with Crippen molar-refractivity contribution < 1.29 is 14.3 Å². The maximum Gasteiger partial charge on any atom is 0.290 e. The van der Waals surface area contributed by atoms with Crippen molar-refractivity contribution in [3.63, 3.8) is 0 Å². The van der Waals surface area contributed by atoms with Crippen LogP contribution in [0.5, 0.6) is 5.75 Å². The van der Waals surface area contributed by atoms with E-state index in [1.807, 2.05) is 58.0 Å². The number of benzene rings is 2. The Balaban J connectivity index is 1.21. The Bertz CT molecular complexity index is 1240. The third-order valence-electron chi connectivity index (χ3n) is 7.72. The Labute approximate surface area is 224 Å². The number of nitrogens with zero attached hydrogens (tertiary/aromatic N) is 6. The zero-order chi connectivity index (χ0) is 26.5. The van der Waals surface area contributed by atoms with Crippen molar-refractivity contribution >= 4 is 22.8 Å². The largest absolute Gasteiger partial charge is 0.497 e. The Kier molecular flexibility index (Phi) is 8.24. The molecule has 0 saturated carbocycles. The fraction of sp³-hybridized carbons (Fsp3) is 0.483. The molecule has 2 saturated heterocycles. The number of fused-ring (bicyclic) bond motifs is 1. The lowest BCUT2D eigenvalue weighted by molar-refractivity contribution is -0.133. The Morgan fingerprint density at radius 3 is 2.24 bits per heavy atom. The third kappa shape index (κ3) is 6.00. The van der Waals surface area contributed by atoms with Crippen molar-refractivity contribution in [2.75, 3.05) is 73.1 Å². The van der Waals surface area contributed by atoms with Gasteiger partial charge in [0.05, 0.1) is 24.7 Å². The second-order valence-electron chi connectivity index (χ2n) is 10.3. The molecule has 0 radical (unpaired) electrons. The number of likely N-dealkylation sites (tertiary alicyclic amines) is 1. The van der Waals surface area contributed by atoms with E-state index >= 15 is 0 Å². The van der Waals surface area contributed by atoms with E-state index < -0.39 is 0 Å². The van der Waals surface area contributed by atoms with Crippen LogP contribution >= 0.6 is 0 Å². The molecule has 5 rings (SSSR count). The van der Waals surface area contributed by atoms with Crippen LogP contribution in [0.3, 0.4) is 0 Å². The van der Waals surface area contributed by atoms with E-state index in [-0.39, 0.29) is 18.4 Å². The molecule has 202 valence electrons. The predicted molar refractivity (Wildman–Crippen MR) is 147 cm³/mol. The van der Waals surface area contributed by atoms with E-state index in [9.17, 15) is 9.59 Å².